The molecule has 1 heterocycles. The lowest BCUT2D eigenvalue weighted by molar-refractivity contribution is 0.0911. The molecule has 1 amide bonds. The first-order valence-electron chi connectivity index (χ1n) is 5.58. The number of halogens is 1. The van der Waals surface area contributed by atoms with E-state index in [1.807, 2.05) is 13.8 Å². The Kier molecular flexibility index (Phi) is 5.38. The minimum atomic E-state index is -0.264. The molecule has 2 N–H and O–H groups in total. The minimum absolute atomic E-state index is 0.0477. The molecule has 1 atom stereocenters. The van der Waals surface area contributed by atoms with Gasteiger partial charge < -0.3 is 10.4 Å². The number of rotatable bonds is 5. The number of hydrogen-bond acceptors (Lipinski definition) is 3. The highest BCUT2D eigenvalue weighted by Crippen LogP contribution is 2.10. The number of amides is 1. The van der Waals surface area contributed by atoms with Crippen LogP contribution in [-0.2, 0) is 0 Å². The minimum Gasteiger partial charge on any atom is -0.396 e. The lowest BCUT2D eigenvalue weighted by Crippen LogP contribution is -2.39. The molecule has 0 radical (unpaired) electrons. The van der Waals surface area contributed by atoms with Gasteiger partial charge in [0.15, 0.2) is 0 Å². The van der Waals surface area contributed by atoms with Crippen molar-refractivity contribution in [2.24, 2.45) is 5.92 Å². The van der Waals surface area contributed by atoms with E-state index in [9.17, 15) is 4.79 Å². The summed E-state index contributed by atoms with van der Waals surface area (Å²) < 4.78 is 0. The summed E-state index contributed by atoms with van der Waals surface area (Å²) >= 11 is 5.79. The molecule has 0 bridgehead atoms. The average molecular weight is 257 g/mol. The summed E-state index contributed by atoms with van der Waals surface area (Å²) in [7, 11) is 0. The number of pyridine rings is 1. The van der Waals surface area contributed by atoms with Gasteiger partial charge in [0.1, 0.15) is 5.69 Å². The second kappa shape index (κ2) is 6.57. The fourth-order valence-electron chi connectivity index (χ4n) is 1.48. The molecule has 17 heavy (non-hydrogen) atoms. The highest BCUT2D eigenvalue weighted by Gasteiger charge is 2.17. The second-order valence-electron chi connectivity index (χ2n) is 4.20. The van der Waals surface area contributed by atoms with Crippen LogP contribution in [0.5, 0.6) is 0 Å². The third-order valence-electron chi connectivity index (χ3n) is 2.52. The number of hydrogen-bond donors (Lipinski definition) is 2. The Bertz CT molecular complexity index is 383. The fraction of sp³-hybridized carbons (Fsp3) is 0.500. The van der Waals surface area contributed by atoms with Crippen molar-refractivity contribution in [3.05, 3.63) is 29.0 Å². The third kappa shape index (κ3) is 4.32. The van der Waals surface area contributed by atoms with Crippen LogP contribution < -0.4 is 5.32 Å². The molecule has 0 saturated heterocycles. The molecule has 0 spiro atoms. The van der Waals surface area contributed by atoms with Gasteiger partial charge in [0.25, 0.3) is 5.91 Å². The highest BCUT2D eigenvalue weighted by molar-refractivity contribution is 6.30. The Morgan fingerprint density at radius 3 is 2.82 bits per heavy atom. The molecule has 5 heteroatoms. The summed E-state index contributed by atoms with van der Waals surface area (Å²) in [5, 5.41) is 12.2. The van der Waals surface area contributed by atoms with Crippen molar-refractivity contribution in [1.82, 2.24) is 10.3 Å². The first-order chi connectivity index (χ1) is 8.04. The van der Waals surface area contributed by atoms with Crippen LogP contribution in [0.1, 0.15) is 30.8 Å². The van der Waals surface area contributed by atoms with Crippen LogP contribution in [0, 0.1) is 5.92 Å². The molecule has 0 fully saturated rings. The topological polar surface area (TPSA) is 62.2 Å². The predicted octanol–water partition coefficient (Wildman–Crippen LogP) is 1.87. The summed E-state index contributed by atoms with van der Waals surface area (Å²) in [6, 6.07) is 3.08. The molecule has 94 valence electrons. The maximum absolute atomic E-state index is 11.9. The third-order valence-corrected chi connectivity index (χ3v) is 2.75. The van der Waals surface area contributed by atoms with E-state index in [-0.39, 0.29) is 24.5 Å². The summed E-state index contributed by atoms with van der Waals surface area (Å²) in [5.41, 5.74) is 0.293. The average Bonchev–Trinajstić information content (AvgIpc) is 2.28. The Morgan fingerprint density at radius 2 is 2.29 bits per heavy atom. The first kappa shape index (κ1) is 13.9. The molecule has 1 aromatic heterocycles. The van der Waals surface area contributed by atoms with Gasteiger partial charge in [-0.25, -0.2) is 0 Å². The zero-order chi connectivity index (χ0) is 12.8. The molecule has 1 rings (SSSR count). The van der Waals surface area contributed by atoms with Crippen molar-refractivity contribution in [3.63, 3.8) is 0 Å². The second-order valence-corrected chi connectivity index (χ2v) is 4.63. The van der Waals surface area contributed by atoms with Gasteiger partial charge in [-0.2, -0.15) is 0 Å². The molecular weight excluding hydrogens is 240 g/mol. The zero-order valence-corrected chi connectivity index (χ0v) is 10.7. The van der Waals surface area contributed by atoms with E-state index < -0.39 is 0 Å². The monoisotopic (exact) mass is 256 g/mol. The van der Waals surface area contributed by atoms with Gasteiger partial charge in [0.05, 0.1) is 0 Å². The summed E-state index contributed by atoms with van der Waals surface area (Å²) in [6.07, 6.45) is 2.03. The van der Waals surface area contributed by atoms with E-state index in [0.717, 1.165) is 0 Å². The number of aliphatic hydroxyl groups is 1. The standard InChI is InChI=1S/C12H17ClN2O2/c1-8(2)10(4-6-16)15-12(17)11-7-9(13)3-5-14-11/h3,5,7-8,10,16H,4,6H2,1-2H3,(H,15,17). The lowest BCUT2D eigenvalue weighted by atomic mass is 10.0. The molecule has 0 aliphatic rings. The molecular formula is C12H17ClN2O2. The van der Waals surface area contributed by atoms with Crippen molar-refractivity contribution in [1.29, 1.82) is 0 Å². The van der Waals surface area contributed by atoms with Crippen molar-refractivity contribution >= 4 is 17.5 Å². The molecule has 1 aromatic rings. The molecule has 0 saturated carbocycles. The van der Waals surface area contributed by atoms with Crippen molar-refractivity contribution < 1.29 is 9.90 Å². The van der Waals surface area contributed by atoms with Gasteiger partial charge in [-0.05, 0) is 24.5 Å². The fourth-order valence-corrected chi connectivity index (χ4v) is 1.64. The number of nitrogens with zero attached hydrogens (tertiary/aromatic N) is 1. The molecule has 0 aromatic carbocycles. The van der Waals surface area contributed by atoms with Crippen LogP contribution >= 0.6 is 11.6 Å². The van der Waals surface area contributed by atoms with Gasteiger partial charge >= 0.3 is 0 Å². The van der Waals surface area contributed by atoms with E-state index in [1.165, 1.54) is 12.3 Å². The van der Waals surface area contributed by atoms with Crippen LogP contribution in [0.4, 0.5) is 0 Å². The Hall–Kier alpha value is -1.13. The molecule has 0 aliphatic heterocycles. The van der Waals surface area contributed by atoms with Crippen LogP contribution in [0.3, 0.4) is 0 Å². The Morgan fingerprint density at radius 1 is 1.59 bits per heavy atom. The van der Waals surface area contributed by atoms with Gasteiger partial charge in [-0.15, -0.1) is 0 Å². The van der Waals surface area contributed by atoms with Gasteiger partial charge in [-0.3, -0.25) is 9.78 Å². The summed E-state index contributed by atoms with van der Waals surface area (Å²) in [5.74, 6) is -0.00932. The normalized spacial score (nSPS) is 12.5. The van der Waals surface area contributed by atoms with Crippen LogP contribution in [0.15, 0.2) is 18.3 Å². The van der Waals surface area contributed by atoms with Crippen LogP contribution in [-0.4, -0.2) is 28.6 Å². The lowest BCUT2D eigenvalue weighted by Gasteiger charge is -2.21. The van der Waals surface area contributed by atoms with Crippen molar-refractivity contribution in [2.75, 3.05) is 6.61 Å². The maximum Gasteiger partial charge on any atom is 0.270 e. The Labute approximate surface area is 106 Å². The number of carbonyl (C=O) groups is 1. The van der Waals surface area contributed by atoms with Gasteiger partial charge in [0.2, 0.25) is 0 Å². The molecule has 4 nitrogen and oxygen atoms in total. The largest absolute Gasteiger partial charge is 0.396 e. The first-order valence-corrected chi connectivity index (χ1v) is 5.95. The van der Waals surface area contributed by atoms with Crippen molar-refractivity contribution in [3.8, 4) is 0 Å². The van der Waals surface area contributed by atoms with E-state index in [2.05, 4.69) is 10.3 Å². The molecule has 0 aliphatic carbocycles. The maximum atomic E-state index is 11.9. The van der Waals surface area contributed by atoms with Gasteiger partial charge in [-0.1, -0.05) is 25.4 Å². The van der Waals surface area contributed by atoms with Gasteiger partial charge in [0, 0.05) is 23.9 Å². The summed E-state index contributed by atoms with van der Waals surface area (Å²) in [6.45, 7) is 4.03. The van der Waals surface area contributed by atoms with Crippen molar-refractivity contribution in [2.45, 2.75) is 26.3 Å². The van der Waals surface area contributed by atoms with E-state index in [4.69, 9.17) is 16.7 Å². The highest BCUT2D eigenvalue weighted by atomic mass is 35.5. The number of aromatic nitrogens is 1. The zero-order valence-electron chi connectivity index (χ0n) is 9.98. The smallest absolute Gasteiger partial charge is 0.270 e. The van der Waals surface area contributed by atoms with E-state index >= 15 is 0 Å². The molecule has 1 unspecified atom stereocenters. The van der Waals surface area contributed by atoms with Crippen LogP contribution in [0.25, 0.3) is 0 Å². The summed E-state index contributed by atoms with van der Waals surface area (Å²) in [4.78, 5) is 15.8. The number of carbonyl (C=O) groups excluding carboxylic acids is 1. The SMILES string of the molecule is CC(C)C(CCO)NC(=O)c1cc(Cl)ccn1. The predicted molar refractivity (Wildman–Crippen MR) is 67.0 cm³/mol. The van der Waals surface area contributed by atoms with E-state index in [0.29, 0.717) is 17.1 Å². The quantitative estimate of drug-likeness (QED) is 0.846. The van der Waals surface area contributed by atoms with Crippen LogP contribution in [0.2, 0.25) is 5.02 Å². The number of nitrogens with one attached hydrogen (secondary N) is 1. The van der Waals surface area contributed by atoms with E-state index in [1.54, 1.807) is 6.07 Å². The Balaban J connectivity index is 2.70. The number of aliphatic hydroxyl groups excluding tert-OH is 1.